The Kier molecular flexibility index (Phi) is 5.37. The zero-order valence-corrected chi connectivity index (χ0v) is 14.4. The SMILES string of the molecule is CCOC(=O)c1cnc2[nH]ccc2c1N[C@@H]1CC[C@@H](OC(=O)CC#N)C1. The van der Waals surface area contributed by atoms with Gasteiger partial charge in [0.05, 0.1) is 18.4 Å². The lowest BCUT2D eigenvalue weighted by atomic mass is 10.1. The fourth-order valence-electron chi connectivity index (χ4n) is 3.20. The van der Waals surface area contributed by atoms with Gasteiger partial charge in [-0.1, -0.05) is 0 Å². The number of esters is 2. The first-order valence-corrected chi connectivity index (χ1v) is 8.58. The number of hydrogen-bond donors (Lipinski definition) is 2. The fraction of sp³-hybridized carbons (Fsp3) is 0.444. The number of aromatic amines is 1. The van der Waals surface area contributed by atoms with E-state index in [1.807, 2.05) is 6.07 Å². The van der Waals surface area contributed by atoms with Gasteiger partial charge in [0.2, 0.25) is 0 Å². The van der Waals surface area contributed by atoms with Crippen molar-refractivity contribution in [2.24, 2.45) is 0 Å². The molecular formula is C18H20N4O4. The number of nitrogens with zero attached hydrogens (tertiary/aromatic N) is 2. The molecule has 1 fully saturated rings. The van der Waals surface area contributed by atoms with E-state index in [0.29, 0.717) is 29.7 Å². The van der Waals surface area contributed by atoms with E-state index in [-0.39, 0.29) is 25.2 Å². The molecule has 0 unspecified atom stereocenters. The maximum Gasteiger partial charge on any atom is 0.341 e. The highest BCUT2D eigenvalue weighted by molar-refractivity contribution is 6.04. The second-order valence-electron chi connectivity index (χ2n) is 6.11. The van der Waals surface area contributed by atoms with Crippen molar-refractivity contribution in [2.75, 3.05) is 11.9 Å². The second-order valence-corrected chi connectivity index (χ2v) is 6.11. The van der Waals surface area contributed by atoms with Gasteiger partial charge in [-0.05, 0) is 25.8 Å². The van der Waals surface area contributed by atoms with Crippen LogP contribution in [-0.4, -0.2) is 40.7 Å². The van der Waals surface area contributed by atoms with Crippen molar-refractivity contribution in [2.45, 2.75) is 44.8 Å². The lowest BCUT2D eigenvalue weighted by Gasteiger charge is -2.18. The molecule has 3 rings (SSSR count). The van der Waals surface area contributed by atoms with Gasteiger partial charge in [0.15, 0.2) is 0 Å². The number of anilines is 1. The minimum atomic E-state index is -0.498. The highest BCUT2D eigenvalue weighted by atomic mass is 16.5. The summed E-state index contributed by atoms with van der Waals surface area (Å²) in [6.45, 7) is 2.04. The monoisotopic (exact) mass is 356 g/mol. The van der Waals surface area contributed by atoms with E-state index in [0.717, 1.165) is 11.8 Å². The number of nitrogens with one attached hydrogen (secondary N) is 2. The molecule has 8 heteroatoms. The van der Waals surface area contributed by atoms with Crippen LogP contribution in [0.2, 0.25) is 0 Å². The number of carbonyl (C=O) groups is 2. The van der Waals surface area contributed by atoms with Crippen LogP contribution in [0.3, 0.4) is 0 Å². The second kappa shape index (κ2) is 7.87. The topological polar surface area (TPSA) is 117 Å². The summed E-state index contributed by atoms with van der Waals surface area (Å²) in [4.78, 5) is 31.0. The number of nitriles is 1. The number of ether oxygens (including phenoxy) is 2. The van der Waals surface area contributed by atoms with Crippen molar-refractivity contribution < 1.29 is 19.1 Å². The third-order valence-electron chi connectivity index (χ3n) is 4.34. The maximum atomic E-state index is 12.3. The summed E-state index contributed by atoms with van der Waals surface area (Å²) in [5.41, 5.74) is 1.73. The Morgan fingerprint density at radius 2 is 2.31 bits per heavy atom. The summed E-state index contributed by atoms with van der Waals surface area (Å²) < 4.78 is 10.4. The molecular weight excluding hydrogens is 336 g/mol. The first kappa shape index (κ1) is 17.7. The van der Waals surface area contributed by atoms with Crippen molar-refractivity contribution in [1.82, 2.24) is 9.97 Å². The normalized spacial score (nSPS) is 19.1. The third-order valence-corrected chi connectivity index (χ3v) is 4.34. The van der Waals surface area contributed by atoms with E-state index >= 15 is 0 Å². The van der Waals surface area contributed by atoms with Crippen LogP contribution in [0.15, 0.2) is 18.5 Å². The average Bonchev–Trinajstić information content (AvgIpc) is 3.25. The van der Waals surface area contributed by atoms with Crippen LogP contribution in [-0.2, 0) is 14.3 Å². The maximum absolute atomic E-state index is 12.3. The molecule has 0 bridgehead atoms. The molecule has 26 heavy (non-hydrogen) atoms. The summed E-state index contributed by atoms with van der Waals surface area (Å²) in [7, 11) is 0. The van der Waals surface area contributed by atoms with E-state index in [1.165, 1.54) is 6.20 Å². The summed E-state index contributed by atoms with van der Waals surface area (Å²) in [5, 5.41) is 12.7. The first-order valence-electron chi connectivity index (χ1n) is 8.58. The van der Waals surface area contributed by atoms with E-state index in [4.69, 9.17) is 14.7 Å². The van der Waals surface area contributed by atoms with Crippen LogP contribution in [0.5, 0.6) is 0 Å². The number of aromatic nitrogens is 2. The van der Waals surface area contributed by atoms with Crippen molar-refractivity contribution >= 4 is 28.7 Å². The smallest absolute Gasteiger partial charge is 0.341 e. The van der Waals surface area contributed by atoms with Crippen LogP contribution < -0.4 is 5.32 Å². The van der Waals surface area contributed by atoms with Gasteiger partial charge in [0, 0.05) is 30.2 Å². The standard InChI is InChI=1S/C18H20N4O4/c1-2-25-18(24)14-10-21-17-13(6-8-20-17)16(14)22-11-3-4-12(9-11)26-15(23)5-7-19/h6,8,10-12H,2-5,9H2,1H3,(H2,20,21,22)/t11-,12-/m1/s1. The summed E-state index contributed by atoms with van der Waals surface area (Å²) in [6, 6.07) is 3.69. The number of fused-ring (bicyclic) bond motifs is 1. The number of rotatable bonds is 6. The Balaban J connectivity index is 1.77. The Labute approximate surface area is 150 Å². The van der Waals surface area contributed by atoms with Crippen molar-refractivity contribution in [1.29, 1.82) is 5.26 Å². The Morgan fingerprint density at radius 3 is 3.08 bits per heavy atom. The van der Waals surface area contributed by atoms with Gasteiger partial charge in [-0.25, -0.2) is 9.78 Å². The highest BCUT2D eigenvalue weighted by Crippen LogP contribution is 2.31. The zero-order chi connectivity index (χ0) is 18.5. The molecule has 0 radical (unpaired) electrons. The van der Waals surface area contributed by atoms with Crippen LogP contribution in [0, 0.1) is 11.3 Å². The Hall–Kier alpha value is -3.08. The molecule has 2 heterocycles. The van der Waals surface area contributed by atoms with Gasteiger partial charge in [0.25, 0.3) is 0 Å². The molecule has 2 aromatic heterocycles. The lowest BCUT2D eigenvalue weighted by Crippen LogP contribution is -2.21. The molecule has 1 aliphatic carbocycles. The fourth-order valence-corrected chi connectivity index (χ4v) is 3.20. The largest absolute Gasteiger partial charge is 0.462 e. The van der Waals surface area contributed by atoms with Gasteiger partial charge in [0.1, 0.15) is 23.7 Å². The predicted molar refractivity (Wildman–Crippen MR) is 93.4 cm³/mol. The van der Waals surface area contributed by atoms with Crippen molar-refractivity contribution in [3.8, 4) is 6.07 Å². The van der Waals surface area contributed by atoms with E-state index in [9.17, 15) is 9.59 Å². The quantitative estimate of drug-likeness (QED) is 0.764. The van der Waals surface area contributed by atoms with Gasteiger partial charge in [-0.2, -0.15) is 5.26 Å². The molecule has 136 valence electrons. The van der Waals surface area contributed by atoms with Gasteiger partial charge in [-0.3, -0.25) is 4.79 Å². The Morgan fingerprint density at radius 1 is 1.46 bits per heavy atom. The number of carbonyl (C=O) groups excluding carboxylic acids is 2. The summed E-state index contributed by atoms with van der Waals surface area (Å²) >= 11 is 0. The third kappa shape index (κ3) is 3.77. The lowest BCUT2D eigenvalue weighted by molar-refractivity contribution is -0.147. The van der Waals surface area contributed by atoms with Crippen molar-refractivity contribution in [3.05, 3.63) is 24.0 Å². The minimum Gasteiger partial charge on any atom is -0.462 e. The summed E-state index contributed by atoms with van der Waals surface area (Å²) in [6.07, 6.45) is 4.93. The predicted octanol–water partition coefficient (Wildman–Crippen LogP) is 2.53. The minimum absolute atomic E-state index is 0.0450. The van der Waals surface area contributed by atoms with Crippen LogP contribution in [0.1, 0.15) is 43.0 Å². The molecule has 0 aliphatic heterocycles. The van der Waals surface area contributed by atoms with E-state index in [2.05, 4.69) is 15.3 Å². The number of hydrogen-bond acceptors (Lipinski definition) is 7. The van der Waals surface area contributed by atoms with E-state index < -0.39 is 11.9 Å². The number of pyridine rings is 1. The Bertz CT molecular complexity index is 854. The first-order chi connectivity index (χ1) is 12.6. The van der Waals surface area contributed by atoms with Crippen LogP contribution in [0.4, 0.5) is 5.69 Å². The molecule has 1 saturated carbocycles. The van der Waals surface area contributed by atoms with E-state index in [1.54, 1.807) is 19.2 Å². The molecule has 0 aromatic carbocycles. The molecule has 8 nitrogen and oxygen atoms in total. The molecule has 0 saturated heterocycles. The molecule has 2 aromatic rings. The highest BCUT2D eigenvalue weighted by Gasteiger charge is 2.29. The van der Waals surface area contributed by atoms with Gasteiger partial charge in [-0.15, -0.1) is 0 Å². The van der Waals surface area contributed by atoms with Gasteiger partial charge < -0.3 is 19.8 Å². The van der Waals surface area contributed by atoms with Crippen molar-refractivity contribution in [3.63, 3.8) is 0 Å². The molecule has 0 spiro atoms. The summed E-state index contributed by atoms with van der Waals surface area (Å²) in [5.74, 6) is -0.928. The number of H-pyrrole nitrogens is 1. The molecule has 2 atom stereocenters. The van der Waals surface area contributed by atoms with Gasteiger partial charge >= 0.3 is 11.9 Å². The van der Waals surface area contributed by atoms with Crippen LogP contribution >= 0.6 is 0 Å². The average molecular weight is 356 g/mol. The van der Waals surface area contributed by atoms with Crippen LogP contribution in [0.25, 0.3) is 11.0 Å². The zero-order valence-electron chi connectivity index (χ0n) is 14.4. The molecule has 0 amide bonds. The molecule has 2 N–H and O–H groups in total. The molecule has 1 aliphatic rings.